The lowest BCUT2D eigenvalue weighted by Gasteiger charge is -2.32. The molecule has 4 nitrogen and oxygen atoms in total. The number of rotatable bonds is 3. The molecule has 0 unspecified atom stereocenters. The molecule has 2 aliphatic rings. The first-order valence-electron chi connectivity index (χ1n) is 8.47. The van der Waals surface area contributed by atoms with Gasteiger partial charge in [-0.15, -0.1) is 0 Å². The third kappa shape index (κ3) is 3.86. The topological polar surface area (TPSA) is 40.6 Å². The van der Waals surface area contributed by atoms with Gasteiger partial charge in [0.15, 0.2) is 0 Å². The SMILES string of the molecule is O=C(CC1CCN(C(=O)c2ccccc2Cl)CC1)N1CCCC1. The average molecular weight is 335 g/mol. The summed E-state index contributed by atoms with van der Waals surface area (Å²) in [6.45, 7) is 3.26. The summed E-state index contributed by atoms with van der Waals surface area (Å²) in [5, 5.41) is 0.504. The van der Waals surface area contributed by atoms with E-state index in [-0.39, 0.29) is 5.91 Å². The van der Waals surface area contributed by atoms with Crippen molar-refractivity contribution in [3.63, 3.8) is 0 Å². The van der Waals surface area contributed by atoms with Gasteiger partial charge in [-0.2, -0.15) is 0 Å². The highest BCUT2D eigenvalue weighted by Gasteiger charge is 2.27. The quantitative estimate of drug-likeness (QED) is 0.851. The molecule has 0 aromatic heterocycles. The van der Waals surface area contributed by atoms with Crippen LogP contribution in [0.4, 0.5) is 0 Å². The molecule has 3 rings (SSSR count). The molecule has 0 bridgehead atoms. The van der Waals surface area contributed by atoms with Crippen LogP contribution in [0.3, 0.4) is 0 Å². The number of halogens is 1. The van der Waals surface area contributed by atoms with E-state index in [9.17, 15) is 9.59 Å². The molecule has 2 fully saturated rings. The summed E-state index contributed by atoms with van der Waals surface area (Å²) in [6, 6.07) is 7.18. The largest absolute Gasteiger partial charge is 0.343 e. The molecule has 5 heteroatoms. The van der Waals surface area contributed by atoms with Crippen LogP contribution in [0.1, 0.15) is 42.5 Å². The van der Waals surface area contributed by atoms with Gasteiger partial charge >= 0.3 is 0 Å². The molecule has 0 spiro atoms. The third-order valence-electron chi connectivity index (χ3n) is 4.93. The van der Waals surface area contributed by atoms with Gasteiger partial charge in [0.2, 0.25) is 5.91 Å². The highest BCUT2D eigenvalue weighted by atomic mass is 35.5. The number of hydrogen-bond acceptors (Lipinski definition) is 2. The summed E-state index contributed by atoms with van der Waals surface area (Å²) < 4.78 is 0. The zero-order valence-electron chi connectivity index (χ0n) is 13.3. The fourth-order valence-corrected chi connectivity index (χ4v) is 3.70. The van der Waals surface area contributed by atoms with Crippen LogP contribution in [0.25, 0.3) is 0 Å². The summed E-state index contributed by atoms with van der Waals surface area (Å²) in [5.74, 6) is 0.691. The predicted octanol–water partition coefficient (Wildman–Crippen LogP) is 3.20. The van der Waals surface area contributed by atoms with Crippen molar-refractivity contribution in [1.29, 1.82) is 0 Å². The second-order valence-electron chi connectivity index (χ2n) is 6.51. The second kappa shape index (κ2) is 7.35. The molecule has 0 radical (unpaired) electrons. The van der Waals surface area contributed by atoms with E-state index in [2.05, 4.69) is 0 Å². The smallest absolute Gasteiger partial charge is 0.255 e. The zero-order chi connectivity index (χ0) is 16.2. The molecule has 2 heterocycles. The van der Waals surface area contributed by atoms with Gasteiger partial charge in [-0.25, -0.2) is 0 Å². The van der Waals surface area contributed by atoms with Crippen molar-refractivity contribution >= 4 is 23.4 Å². The minimum Gasteiger partial charge on any atom is -0.343 e. The second-order valence-corrected chi connectivity index (χ2v) is 6.91. The molecule has 0 saturated carbocycles. The van der Waals surface area contributed by atoms with Crippen LogP contribution in [-0.4, -0.2) is 47.8 Å². The number of nitrogens with zero attached hydrogens (tertiary/aromatic N) is 2. The molecule has 23 heavy (non-hydrogen) atoms. The minimum absolute atomic E-state index is 0.0000746. The number of likely N-dealkylation sites (tertiary alicyclic amines) is 2. The number of amides is 2. The number of hydrogen-bond donors (Lipinski definition) is 0. The monoisotopic (exact) mass is 334 g/mol. The van der Waals surface area contributed by atoms with Crippen LogP contribution in [-0.2, 0) is 4.79 Å². The first kappa shape index (κ1) is 16.3. The fraction of sp³-hybridized carbons (Fsp3) is 0.556. The average Bonchev–Trinajstić information content (AvgIpc) is 3.10. The van der Waals surface area contributed by atoms with Crippen molar-refractivity contribution in [3.8, 4) is 0 Å². The van der Waals surface area contributed by atoms with Crippen LogP contribution >= 0.6 is 11.6 Å². The highest BCUT2D eigenvalue weighted by Crippen LogP contribution is 2.25. The first-order valence-corrected chi connectivity index (χ1v) is 8.84. The molecule has 0 aliphatic carbocycles. The van der Waals surface area contributed by atoms with Crippen LogP contribution in [0.15, 0.2) is 24.3 Å². The van der Waals surface area contributed by atoms with E-state index in [1.807, 2.05) is 21.9 Å². The van der Waals surface area contributed by atoms with Gasteiger partial charge in [0.1, 0.15) is 0 Å². The van der Waals surface area contributed by atoms with Crippen LogP contribution in [0.2, 0.25) is 5.02 Å². The standard InChI is InChI=1S/C18H23ClN2O2/c19-16-6-2-1-5-15(16)18(23)21-11-7-14(8-12-21)13-17(22)20-9-3-4-10-20/h1-2,5-6,14H,3-4,7-13H2. The maximum atomic E-state index is 12.5. The first-order chi connectivity index (χ1) is 11.1. The Morgan fingerprint density at radius 3 is 2.30 bits per heavy atom. The molecule has 1 aromatic rings. The Morgan fingerprint density at radius 2 is 1.65 bits per heavy atom. The summed E-state index contributed by atoms with van der Waals surface area (Å²) >= 11 is 6.11. The van der Waals surface area contributed by atoms with E-state index in [0.29, 0.717) is 41.9 Å². The van der Waals surface area contributed by atoms with Crippen molar-refractivity contribution in [1.82, 2.24) is 9.80 Å². The van der Waals surface area contributed by atoms with Gasteiger partial charge in [-0.3, -0.25) is 9.59 Å². The van der Waals surface area contributed by atoms with Crippen molar-refractivity contribution in [2.45, 2.75) is 32.1 Å². The number of carbonyl (C=O) groups is 2. The summed E-state index contributed by atoms with van der Waals surface area (Å²) in [7, 11) is 0. The highest BCUT2D eigenvalue weighted by molar-refractivity contribution is 6.33. The lowest BCUT2D eigenvalue weighted by atomic mass is 9.92. The molecule has 124 valence electrons. The molecule has 2 amide bonds. The summed E-state index contributed by atoms with van der Waals surface area (Å²) in [6.07, 6.45) is 4.70. The van der Waals surface area contributed by atoms with Gasteiger partial charge in [0.05, 0.1) is 10.6 Å². The van der Waals surface area contributed by atoms with Crippen molar-refractivity contribution in [2.75, 3.05) is 26.2 Å². The lowest BCUT2D eigenvalue weighted by molar-refractivity contribution is -0.131. The Balaban J connectivity index is 1.51. The van der Waals surface area contributed by atoms with Gasteiger partial charge in [-0.05, 0) is 43.7 Å². The number of piperidine rings is 1. The number of carbonyl (C=O) groups excluding carboxylic acids is 2. The van der Waals surface area contributed by atoms with Gasteiger partial charge in [0, 0.05) is 32.6 Å². The van der Waals surface area contributed by atoms with Crippen LogP contribution < -0.4 is 0 Å². The van der Waals surface area contributed by atoms with Crippen molar-refractivity contribution in [2.24, 2.45) is 5.92 Å². The van der Waals surface area contributed by atoms with Crippen LogP contribution in [0, 0.1) is 5.92 Å². The Morgan fingerprint density at radius 1 is 1.00 bits per heavy atom. The van der Waals surface area contributed by atoms with E-state index in [4.69, 9.17) is 11.6 Å². The Kier molecular flexibility index (Phi) is 5.21. The molecule has 1 aromatic carbocycles. The molecule has 0 N–H and O–H groups in total. The van der Waals surface area contributed by atoms with Crippen LogP contribution in [0.5, 0.6) is 0 Å². The van der Waals surface area contributed by atoms with E-state index in [0.717, 1.165) is 38.8 Å². The summed E-state index contributed by atoms with van der Waals surface area (Å²) in [5.41, 5.74) is 0.570. The molecule has 0 atom stereocenters. The fourth-order valence-electron chi connectivity index (χ4n) is 3.49. The van der Waals surface area contributed by atoms with Gasteiger partial charge in [0.25, 0.3) is 5.91 Å². The maximum Gasteiger partial charge on any atom is 0.255 e. The number of benzene rings is 1. The Bertz CT molecular complexity index is 576. The van der Waals surface area contributed by atoms with Crippen molar-refractivity contribution in [3.05, 3.63) is 34.9 Å². The van der Waals surface area contributed by atoms with E-state index in [1.54, 1.807) is 12.1 Å². The molecular formula is C18H23ClN2O2. The predicted molar refractivity (Wildman–Crippen MR) is 90.5 cm³/mol. The zero-order valence-corrected chi connectivity index (χ0v) is 14.1. The Hall–Kier alpha value is -1.55. The summed E-state index contributed by atoms with van der Waals surface area (Å²) in [4.78, 5) is 28.6. The van der Waals surface area contributed by atoms with Crippen molar-refractivity contribution < 1.29 is 9.59 Å². The Labute approximate surface area is 142 Å². The van der Waals surface area contributed by atoms with Gasteiger partial charge in [-0.1, -0.05) is 23.7 Å². The third-order valence-corrected chi connectivity index (χ3v) is 5.26. The lowest BCUT2D eigenvalue weighted by Crippen LogP contribution is -2.40. The molecule has 2 aliphatic heterocycles. The molecular weight excluding hydrogens is 312 g/mol. The van der Waals surface area contributed by atoms with Gasteiger partial charge < -0.3 is 9.80 Å². The molecule has 2 saturated heterocycles. The maximum absolute atomic E-state index is 12.5. The normalized spacial score (nSPS) is 19.2. The van der Waals surface area contributed by atoms with E-state index < -0.39 is 0 Å². The van der Waals surface area contributed by atoms with E-state index in [1.165, 1.54) is 0 Å². The van der Waals surface area contributed by atoms with E-state index >= 15 is 0 Å². The minimum atomic E-state index is -0.0000746.